The minimum absolute atomic E-state index is 0.108. The SMILES string of the molecule is Nc1cc(COC2C=CN=CC2)[nH]n1. The lowest BCUT2D eigenvalue weighted by molar-refractivity contribution is 0.0743. The van der Waals surface area contributed by atoms with E-state index in [2.05, 4.69) is 15.2 Å². The summed E-state index contributed by atoms with van der Waals surface area (Å²) in [5.74, 6) is 0.490. The lowest BCUT2D eigenvalue weighted by Gasteiger charge is -2.12. The molecule has 0 radical (unpaired) electrons. The van der Waals surface area contributed by atoms with Crippen molar-refractivity contribution in [2.75, 3.05) is 5.73 Å². The summed E-state index contributed by atoms with van der Waals surface area (Å²) < 4.78 is 5.58. The number of anilines is 1. The van der Waals surface area contributed by atoms with Crippen molar-refractivity contribution >= 4 is 12.0 Å². The van der Waals surface area contributed by atoms with E-state index in [1.165, 1.54) is 0 Å². The van der Waals surface area contributed by atoms with Gasteiger partial charge in [-0.2, -0.15) is 5.10 Å². The van der Waals surface area contributed by atoms with Crippen molar-refractivity contribution in [3.05, 3.63) is 24.0 Å². The second-order valence-electron chi connectivity index (χ2n) is 3.08. The van der Waals surface area contributed by atoms with Crippen LogP contribution in [0.1, 0.15) is 12.1 Å². The summed E-state index contributed by atoms with van der Waals surface area (Å²) in [6.07, 6.45) is 6.44. The van der Waals surface area contributed by atoms with Gasteiger partial charge in [-0.1, -0.05) is 0 Å². The molecule has 5 heteroatoms. The van der Waals surface area contributed by atoms with Gasteiger partial charge in [0.2, 0.25) is 0 Å². The number of H-pyrrole nitrogens is 1. The van der Waals surface area contributed by atoms with Gasteiger partial charge in [0.15, 0.2) is 0 Å². The van der Waals surface area contributed by atoms with Crippen LogP contribution in [0.25, 0.3) is 0 Å². The maximum atomic E-state index is 5.58. The highest BCUT2D eigenvalue weighted by molar-refractivity contribution is 5.60. The molecule has 0 aromatic carbocycles. The predicted molar refractivity (Wildman–Crippen MR) is 53.8 cm³/mol. The third kappa shape index (κ3) is 2.20. The number of nitrogens with two attached hydrogens (primary N) is 1. The minimum Gasteiger partial charge on any atom is -0.382 e. The zero-order valence-electron chi connectivity index (χ0n) is 7.68. The Bertz CT molecular complexity index is 355. The van der Waals surface area contributed by atoms with Crippen molar-refractivity contribution in [3.8, 4) is 0 Å². The smallest absolute Gasteiger partial charge is 0.145 e. The number of aromatic nitrogens is 2. The molecule has 5 nitrogen and oxygen atoms in total. The van der Waals surface area contributed by atoms with Crippen LogP contribution >= 0.6 is 0 Å². The highest BCUT2D eigenvalue weighted by Crippen LogP contribution is 2.08. The Balaban J connectivity index is 1.82. The summed E-state index contributed by atoms with van der Waals surface area (Å²) in [5.41, 5.74) is 6.34. The summed E-state index contributed by atoms with van der Waals surface area (Å²) in [4.78, 5) is 3.96. The molecular weight excluding hydrogens is 180 g/mol. The van der Waals surface area contributed by atoms with Crippen molar-refractivity contribution < 1.29 is 4.74 Å². The first-order chi connectivity index (χ1) is 6.84. The summed E-state index contributed by atoms with van der Waals surface area (Å²) in [6, 6.07) is 1.76. The van der Waals surface area contributed by atoms with E-state index >= 15 is 0 Å². The van der Waals surface area contributed by atoms with E-state index in [1.807, 2.05) is 12.3 Å². The van der Waals surface area contributed by atoms with Crippen LogP contribution in [0.15, 0.2) is 23.3 Å². The van der Waals surface area contributed by atoms with Crippen molar-refractivity contribution in [3.63, 3.8) is 0 Å². The summed E-state index contributed by atoms with van der Waals surface area (Å²) in [7, 11) is 0. The van der Waals surface area contributed by atoms with Crippen LogP contribution in [0.3, 0.4) is 0 Å². The molecule has 1 atom stereocenters. The summed E-state index contributed by atoms with van der Waals surface area (Å²) in [6.45, 7) is 0.493. The number of nitrogen functional groups attached to an aromatic ring is 1. The number of nitrogens with one attached hydrogen (secondary N) is 1. The van der Waals surface area contributed by atoms with Gasteiger partial charge in [-0.05, 0) is 6.08 Å². The zero-order chi connectivity index (χ0) is 9.80. The van der Waals surface area contributed by atoms with Gasteiger partial charge in [0.05, 0.1) is 18.4 Å². The third-order valence-electron chi connectivity index (χ3n) is 1.93. The van der Waals surface area contributed by atoms with E-state index in [0.29, 0.717) is 12.4 Å². The Kier molecular flexibility index (Phi) is 2.60. The van der Waals surface area contributed by atoms with E-state index in [1.54, 1.807) is 12.3 Å². The third-order valence-corrected chi connectivity index (χ3v) is 1.93. The fraction of sp³-hybridized carbons (Fsp3) is 0.333. The maximum Gasteiger partial charge on any atom is 0.145 e. The first-order valence-electron chi connectivity index (χ1n) is 4.44. The number of hydrogen-bond donors (Lipinski definition) is 2. The average molecular weight is 192 g/mol. The van der Waals surface area contributed by atoms with Gasteiger partial charge in [-0.3, -0.25) is 10.1 Å². The van der Waals surface area contributed by atoms with E-state index in [-0.39, 0.29) is 6.10 Å². The van der Waals surface area contributed by atoms with Gasteiger partial charge in [-0.25, -0.2) is 0 Å². The standard InChI is InChI=1S/C9H12N4O/c10-9-5-7(12-13-9)6-14-8-1-3-11-4-2-8/h1,3-5,8H,2,6H2,(H3,10,12,13). The van der Waals surface area contributed by atoms with Crippen molar-refractivity contribution in [2.45, 2.75) is 19.1 Å². The fourth-order valence-electron chi connectivity index (χ4n) is 1.22. The molecule has 14 heavy (non-hydrogen) atoms. The van der Waals surface area contributed by atoms with Gasteiger partial charge >= 0.3 is 0 Å². The van der Waals surface area contributed by atoms with Gasteiger partial charge in [0.1, 0.15) is 5.82 Å². The monoisotopic (exact) mass is 192 g/mol. The number of aromatic amines is 1. The number of aliphatic imine (C=N–C) groups is 1. The second-order valence-corrected chi connectivity index (χ2v) is 3.08. The molecule has 0 amide bonds. The summed E-state index contributed by atoms with van der Waals surface area (Å²) >= 11 is 0. The highest BCUT2D eigenvalue weighted by atomic mass is 16.5. The molecule has 1 unspecified atom stereocenters. The van der Waals surface area contributed by atoms with E-state index in [4.69, 9.17) is 10.5 Å². The quantitative estimate of drug-likeness (QED) is 0.745. The van der Waals surface area contributed by atoms with Gasteiger partial charge < -0.3 is 10.5 Å². The Morgan fingerprint density at radius 3 is 3.21 bits per heavy atom. The molecule has 1 aliphatic heterocycles. The molecule has 0 bridgehead atoms. The highest BCUT2D eigenvalue weighted by Gasteiger charge is 2.07. The normalized spacial score (nSPS) is 20.1. The number of hydrogen-bond acceptors (Lipinski definition) is 4. The lowest BCUT2D eigenvalue weighted by atomic mass is 10.2. The first-order valence-corrected chi connectivity index (χ1v) is 4.44. The number of rotatable bonds is 3. The van der Waals surface area contributed by atoms with Crippen molar-refractivity contribution in [2.24, 2.45) is 4.99 Å². The largest absolute Gasteiger partial charge is 0.382 e. The van der Waals surface area contributed by atoms with Crippen LogP contribution in [0, 0.1) is 0 Å². The minimum atomic E-state index is 0.108. The van der Waals surface area contributed by atoms with Crippen LogP contribution in [0.5, 0.6) is 0 Å². The fourth-order valence-corrected chi connectivity index (χ4v) is 1.22. The molecule has 0 fully saturated rings. The molecule has 1 aliphatic rings. The van der Waals surface area contributed by atoms with E-state index < -0.39 is 0 Å². The van der Waals surface area contributed by atoms with Crippen LogP contribution in [0.4, 0.5) is 5.82 Å². The van der Waals surface area contributed by atoms with Gasteiger partial charge in [-0.15, -0.1) is 0 Å². The number of nitrogens with zero attached hydrogens (tertiary/aromatic N) is 2. The van der Waals surface area contributed by atoms with Gasteiger partial charge in [0.25, 0.3) is 0 Å². The molecule has 2 heterocycles. The van der Waals surface area contributed by atoms with Crippen molar-refractivity contribution in [1.82, 2.24) is 10.2 Å². The zero-order valence-corrected chi connectivity index (χ0v) is 7.68. The van der Waals surface area contributed by atoms with Crippen LogP contribution in [-0.2, 0) is 11.3 Å². The molecular formula is C9H12N4O. The molecule has 0 saturated carbocycles. The van der Waals surface area contributed by atoms with E-state index in [9.17, 15) is 0 Å². The molecule has 2 rings (SSSR count). The van der Waals surface area contributed by atoms with Crippen LogP contribution in [-0.4, -0.2) is 22.5 Å². The molecule has 1 aromatic heterocycles. The molecule has 0 saturated heterocycles. The Hall–Kier alpha value is -1.62. The first kappa shape index (κ1) is 8.96. The van der Waals surface area contributed by atoms with Gasteiger partial charge in [0, 0.05) is 24.9 Å². The Morgan fingerprint density at radius 2 is 2.57 bits per heavy atom. The Morgan fingerprint density at radius 1 is 1.64 bits per heavy atom. The van der Waals surface area contributed by atoms with Crippen LogP contribution in [0.2, 0.25) is 0 Å². The molecule has 0 spiro atoms. The summed E-state index contributed by atoms with van der Waals surface area (Å²) in [5, 5.41) is 6.60. The maximum absolute atomic E-state index is 5.58. The van der Waals surface area contributed by atoms with Crippen LogP contribution < -0.4 is 5.73 Å². The number of ether oxygens (including phenoxy) is 1. The molecule has 0 aliphatic carbocycles. The lowest BCUT2D eigenvalue weighted by Crippen LogP contribution is -2.12. The predicted octanol–water partition coefficient (Wildman–Crippen LogP) is 0.865. The average Bonchev–Trinajstić information content (AvgIpc) is 2.63. The second kappa shape index (κ2) is 4.06. The Labute approximate surface area is 81.7 Å². The molecule has 1 aromatic rings. The molecule has 3 N–H and O–H groups in total. The van der Waals surface area contributed by atoms with E-state index in [0.717, 1.165) is 12.1 Å². The van der Waals surface area contributed by atoms with Crippen molar-refractivity contribution in [1.29, 1.82) is 0 Å². The molecule has 74 valence electrons. The topological polar surface area (TPSA) is 76.3 Å².